The zero-order valence-electron chi connectivity index (χ0n) is 24.9. The number of ketones is 2. The van der Waals surface area contributed by atoms with Gasteiger partial charge in [-0.25, -0.2) is 0 Å². The molecule has 2 aliphatic rings. The van der Waals surface area contributed by atoms with Crippen LogP contribution in [0.2, 0.25) is 0 Å². The van der Waals surface area contributed by atoms with Crippen molar-refractivity contribution in [2.45, 2.75) is 90.9 Å². The molecule has 0 radical (unpaired) electrons. The average molecular weight is 561 g/mol. The molecule has 6 heteroatoms. The molecule has 220 valence electrons. The minimum Gasteiger partial charge on any atom is -0.465 e. The second kappa shape index (κ2) is 13.6. The van der Waals surface area contributed by atoms with Crippen LogP contribution in [0.1, 0.15) is 100 Å². The van der Waals surface area contributed by atoms with Crippen molar-refractivity contribution in [1.82, 2.24) is 0 Å². The third kappa shape index (κ3) is 8.37. The van der Waals surface area contributed by atoms with Gasteiger partial charge in [0.2, 0.25) is 0 Å². The van der Waals surface area contributed by atoms with Crippen LogP contribution in [-0.2, 0) is 41.5 Å². The van der Waals surface area contributed by atoms with Gasteiger partial charge in [0.15, 0.2) is 0 Å². The molecule has 4 rings (SSSR count). The SMILES string of the molecule is CC(C(=O)OCC(C)(C)COC(=O)C(C)c1ccc(CC2CCCC2=O)cc1)c1ccc(CC2CCCC2=O)cc1. The van der Waals surface area contributed by atoms with E-state index in [9.17, 15) is 19.2 Å². The molecule has 2 fully saturated rings. The van der Waals surface area contributed by atoms with Crippen molar-refractivity contribution in [1.29, 1.82) is 0 Å². The van der Waals surface area contributed by atoms with Crippen LogP contribution in [0.5, 0.6) is 0 Å². The van der Waals surface area contributed by atoms with Crippen LogP contribution in [0.3, 0.4) is 0 Å². The number of hydrogen-bond acceptors (Lipinski definition) is 6. The lowest BCUT2D eigenvalue weighted by Crippen LogP contribution is -2.30. The fraction of sp³-hybridized carbons (Fsp3) is 0.543. The van der Waals surface area contributed by atoms with E-state index >= 15 is 0 Å². The Bertz CT molecular complexity index is 1130. The molecule has 0 saturated heterocycles. The number of benzene rings is 2. The molecule has 6 nitrogen and oxygen atoms in total. The van der Waals surface area contributed by atoms with Crippen molar-refractivity contribution in [2.75, 3.05) is 13.2 Å². The summed E-state index contributed by atoms with van der Waals surface area (Å²) in [5.74, 6) is -0.527. The minimum absolute atomic E-state index is 0.127. The van der Waals surface area contributed by atoms with Crippen molar-refractivity contribution in [2.24, 2.45) is 17.3 Å². The van der Waals surface area contributed by atoms with Crippen LogP contribution >= 0.6 is 0 Å². The largest absolute Gasteiger partial charge is 0.465 e. The van der Waals surface area contributed by atoms with E-state index in [1.165, 1.54) is 0 Å². The molecule has 0 N–H and O–H groups in total. The number of carbonyl (C=O) groups is 4. The lowest BCUT2D eigenvalue weighted by Gasteiger charge is -2.25. The molecule has 0 aliphatic heterocycles. The van der Waals surface area contributed by atoms with Crippen LogP contribution in [0, 0.1) is 17.3 Å². The quantitative estimate of drug-likeness (QED) is 0.274. The van der Waals surface area contributed by atoms with Crippen molar-refractivity contribution in [3.05, 3.63) is 70.8 Å². The normalized spacial score (nSPS) is 20.6. The lowest BCUT2D eigenvalue weighted by atomic mass is 9.93. The van der Waals surface area contributed by atoms with Crippen LogP contribution in [0.15, 0.2) is 48.5 Å². The maximum Gasteiger partial charge on any atom is 0.313 e. The van der Waals surface area contributed by atoms with E-state index in [2.05, 4.69) is 0 Å². The van der Waals surface area contributed by atoms with Crippen molar-refractivity contribution in [3.8, 4) is 0 Å². The predicted molar refractivity (Wildman–Crippen MR) is 158 cm³/mol. The number of hydrogen-bond donors (Lipinski definition) is 0. The number of rotatable bonds is 12. The van der Waals surface area contributed by atoms with Crippen molar-refractivity contribution >= 4 is 23.5 Å². The molecule has 2 saturated carbocycles. The zero-order valence-corrected chi connectivity index (χ0v) is 24.9. The van der Waals surface area contributed by atoms with Crippen LogP contribution < -0.4 is 0 Å². The highest BCUT2D eigenvalue weighted by molar-refractivity contribution is 5.83. The lowest BCUT2D eigenvalue weighted by molar-refractivity contribution is -0.154. The Hall–Kier alpha value is -3.28. The Morgan fingerprint density at radius 1 is 0.707 bits per heavy atom. The first-order valence-electron chi connectivity index (χ1n) is 15.1. The summed E-state index contributed by atoms with van der Waals surface area (Å²) in [6, 6.07) is 15.8. The monoisotopic (exact) mass is 560 g/mol. The third-order valence-electron chi connectivity index (χ3n) is 8.70. The molecule has 4 atom stereocenters. The molecule has 2 aliphatic carbocycles. The topological polar surface area (TPSA) is 86.7 Å². The highest BCUT2D eigenvalue weighted by atomic mass is 16.5. The first-order valence-corrected chi connectivity index (χ1v) is 15.1. The fourth-order valence-electron chi connectivity index (χ4n) is 5.76. The first-order chi connectivity index (χ1) is 19.5. The van der Waals surface area contributed by atoms with Gasteiger partial charge in [0.05, 0.1) is 25.0 Å². The van der Waals surface area contributed by atoms with Crippen molar-refractivity contribution in [3.63, 3.8) is 0 Å². The van der Waals surface area contributed by atoms with E-state index in [1.807, 2.05) is 76.2 Å². The second-order valence-electron chi connectivity index (χ2n) is 12.8. The summed E-state index contributed by atoms with van der Waals surface area (Å²) < 4.78 is 11.3. The number of carbonyl (C=O) groups excluding carboxylic acids is 4. The Kier molecular flexibility index (Phi) is 10.2. The summed E-state index contributed by atoms with van der Waals surface area (Å²) in [6.45, 7) is 7.72. The molecular formula is C35H44O6. The molecule has 41 heavy (non-hydrogen) atoms. The summed E-state index contributed by atoms with van der Waals surface area (Å²) >= 11 is 0. The maximum atomic E-state index is 12.8. The van der Waals surface area contributed by atoms with Gasteiger partial charge in [0.1, 0.15) is 11.6 Å². The van der Waals surface area contributed by atoms with E-state index < -0.39 is 17.3 Å². The number of esters is 2. The summed E-state index contributed by atoms with van der Waals surface area (Å²) in [5, 5.41) is 0. The van der Waals surface area contributed by atoms with Gasteiger partial charge < -0.3 is 9.47 Å². The third-order valence-corrected chi connectivity index (χ3v) is 8.70. The molecule has 0 spiro atoms. The van der Waals surface area contributed by atoms with Gasteiger partial charge in [-0.3, -0.25) is 19.2 Å². The maximum absolute atomic E-state index is 12.8. The van der Waals surface area contributed by atoms with Gasteiger partial charge >= 0.3 is 11.9 Å². The van der Waals surface area contributed by atoms with Crippen molar-refractivity contribution < 1.29 is 28.7 Å². The second-order valence-corrected chi connectivity index (χ2v) is 12.8. The van der Waals surface area contributed by atoms with E-state index in [-0.39, 0.29) is 37.0 Å². The minimum atomic E-state index is -0.542. The van der Waals surface area contributed by atoms with Gasteiger partial charge in [-0.2, -0.15) is 0 Å². The van der Waals surface area contributed by atoms with Crippen LogP contribution in [-0.4, -0.2) is 36.7 Å². The van der Waals surface area contributed by atoms with Gasteiger partial charge in [0, 0.05) is 30.1 Å². The molecule has 2 aromatic rings. The zero-order chi connectivity index (χ0) is 29.6. The predicted octanol–water partition coefficient (Wildman–Crippen LogP) is 6.53. The fourth-order valence-corrected chi connectivity index (χ4v) is 5.76. The summed E-state index contributed by atoms with van der Waals surface area (Å²) in [4.78, 5) is 49.5. The number of Topliss-reactive ketones (excluding diaryl/α,β-unsaturated/α-hetero) is 2. The molecular weight excluding hydrogens is 516 g/mol. The Morgan fingerprint density at radius 3 is 1.39 bits per heavy atom. The summed E-state index contributed by atoms with van der Waals surface area (Å²) in [7, 11) is 0. The molecule has 0 bridgehead atoms. The summed E-state index contributed by atoms with van der Waals surface area (Å²) in [5.41, 5.74) is 3.43. The van der Waals surface area contributed by atoms with Gasteiger partial charge in [-0.15, -0.1) is 0 Å². The van der Waals surface area contributed by atoms with E-state index in [0.29, 0.717) is 24.4 Å². The van der Waals surface area contributed by atoms with Gasteiger partial charge in [-0.1, -0.05) is 62.4 Å². The molecule has 4 unspecified atom stereocenters. The molecule has 0 amide bonds. The molecule has 2 aromatic carbocycles. The van der Waals surface area contributed by atoms with Gasteiger partial charge in [-0.05, 0) is 74.6 Å². The Balaban J connectivity index is 1.20. The smallest absolute Gasteiger partial charge is 0.313 e. The summed E-state index contributed by atoms with van der Waals surface area (Å²) in [6.07, 6.45) is 6.80. The standard InChI is InChI=1S/C35H44O6/c1-23(27-15-11-25(12-16-27)19-29-7-5-9-31(29)36)33(38)40-21-35(3,4)22-41-34(39)24(2)28-17-13-26(14-18-28)20-30-8-6-10-32(30)37/h11-18,23-24,29-30H,5-10,19-22H2,1-4H3. The van der Waals surface area contributed by atoms with E-state index in [4.69, 9.17) is 9.47 Å². The van der Waals surface area contributed by atoms with Crippen LogP contribution in [0.4, 0.5) is 0 Å². The van der Waals surface area contributed by atoms with Crippen LogP contribution in [0.25, 0.3) is 0 Å². The van der Waals surface area contributed by atoms with Gasteiger partial charge in [0.25, 0.3) is 0 Å². The van der Waals surface area contributed by atoms with E-state index in [0.717, 1.165) is 60.8 Å². The Morgan fingerprint density at radius 2 is 1.07 bits per heavy atom. The Labute approximate surface area is 244 Å². The highest BCUT2D eigenvalue weighted by Gasteiger charge is 2.28. The van der Waals surface area contributed by atoms with E-state index in [1.54, 1.807) is 0 Å². The highest BCUT2D eigenvalue weighted by Crippen LogP contribution is 2.28. The number of ether oxygens (including phenoxy) is 2. The average Bonchev–Trinajstić information content (AvgIpc) is 3.57. The molecule has 0 aromatic heterocycles. The first kappa shape index (κ1) is 30.7. The molecule has 0 heterocycles.